The van der Waals surface area contributed by atoms with Gasteiger partial charge in [0, 0.05) is 24.4 Å². The van der Waals surface area contributed by atoms with Gasteiger partial charge in [-0.05, 0) is 51.0 Å². The highest BCUT2D eigenvalue weighted by Crippen LogP contribution is 2.35. The predicted octanol–water partition coefficient (Wildman–Crippen LogP) is 4.94. The van der Waals surface area contributed by atoms with E-state index in [9.17, 15) is 18.0 Å². The van der Waals surface area contributed by atoms with Gasteiger partial charge in [0.1, 0.15) is 0 Å². The first kappa shape index (κ1) is 29.7. The lowest BCUT2D eigenvalue weighted by Crippen LogP contribution is -2.33. The van der Waals surface area contributed by atoms with E-state index in [4.69, 9.17) is 9.47 Å². The van der Waals surface area contributed by atoms with Crippen LogP contribution in [0.15, 0.2) is 24.3 Å². The first-order chi connectivity index (χ1) is 16.6. The van der Waals surface area contributed by atoms with Crippen LogP contribution < -0.4 is 0 Å². The van der Waals surface area contributed by atoms with E-state index < -0.39 is 38.8 Å². The Morgan fingerprint density at radius 2 is 1.91 bits per heavy atom. The fourth-order valence-electron chi connectivity index (χ4n) is 4.62. The SMILES string of the molecule is CCCCC(C)(C)C(=O)C=C[C@@H]1[C@@H](OC2CCCCO2)CS(=O)(=O)[C@H]1CC=CCCCC(=O)OC. The number of hydrogen-bond acceptors (Lipinski definition) is 7. The summed E-state index contributed by atoms with van der Waals surface area (Å²) in [5.41, 5.74) is -0.484. The third-order valence-electron chi connectivity index (χ3n) is 6.99. The van der Waals surface area contributed by atoms with Crippen molar-refractivity contribution < 1.29 is 32.2 Å². The maximum Gasteiger partial charge on any atom is 0.305 e. The van der Waals surface area contributed by atoms with Gasteiger partial charge in [-0.1, -0.05) is 51.8 Å². The van der Waals surface area contributed by atoms with Gasteiger partial charge in [0.15, 0.2) is 21.9 Å². The van der Waals surface area contributed by atoms with Gasteiger partial charge in [-0.3, -0.25) is 9.59 Å². The van der Waals surface area contributed by atoms with Crippen LogP contribution in [0.2, 0.25) is 0 Å². The number of allylic oxidation sites excluding steroid dienone is 3. The number of unbranched alkanes of at least 4 members (excludes halogenated alkanes) is 2. The van der Waals surface area contributed by atoms with Gasteiger partial charge in [-0.2, -0.15) is 0 Å². The van der Waals surface area contributed by atoms with Gasteiger partial charge in [0.05, 0.1) is 24.2 Å². The molecule has 0 aromatic carbocycles. The van der Waals surface area contributed by atoms with Crippen LogP contribution in [0.25, 0.3) is 0 Å². The third kappa shape index (κ3) is 9.47. The molecule has 0 bridgehead atoms. The van der Waals surface area contributed by atoms with Gasteiger partial charge in [-0.15, -0.1) is 0 Å². The number of carbonyl (C=O) groups is 2. The third-order valence-corrected chi connectivity index (χ3v) is 9.21. The van der Waals surface area contributed by atoms with E-state index in [-0.39, 0.29) is 17.5 Å². The molecule has 0 radical (unpaired) electrons. The highest BCUT2D eigenvalue weighted by atomic mass is 32.2. The van der Waals surface area contributed by atoms with Crippen LogP contribution in [-0.2, 0) is 33.6 Å². The van der Waals surface area contributed by atoms with Crippen LogP contribution in [0.3, 0.4) is 0 Å². The van der Waals surface area contributed by atoms with Gasteiger partial charge >= 0.3 is 5.97 Å². The molecule has 0 aliphatic carbocycles. The predicted molar refractivity (Wildman–Crippen MR) is 137 cm³/mol. The molecule has 35 heavy (non-hydrogen) atoms. The average molecular weight is 513 g/mol. The van der Waals surface area contributed by atoms with Crippen molar-refractivity contribution in [3.63, 3.8) is 0 Å². The standard InChI is InChI=1S/C27H44O7S/c1-5-6-18-27(2,3)24(28)17-16-21-22(34-26-15-11-12-19-33-26)20-35(30,31)23(21)13-9-7-8-10-14-25(29)32-4/h7,9,16-17,21-23,26H,5-6,8,10-15,18-20H2,1-4H3/t21-,22+,23+,26?/m1/s1. The zero-order valence-corrected chi connectivity index (χ0v) is 22.7. The fourth-order valence-corrected chi connectivity index (χ4v) is 6.77. The van der Waals surface area contributed by atoms with Crippen LogP contribution in [0.5, 0.6) is 0 Å². The van der Waals surface area contributed by atoms with Crippen LogP contribution in [-0.4, -0.2) is 57.3 Å². The Morgan fingerprint density at radius 1 is 1.14 bits per heavy atom. The number of carbonyl (C=O) groups excluding carboxylic acids is 2. The molecular weight excluding hydrogens is 468 g/mol. The highest BCUT2D eigenvalue weighted by molar-refractivity contribution is 7.92. The Balaban J connectivity index is 2.14. The molecule has 2 rings (SSSR count). The molecule has 8 heteroatoms. The molecule has 0 spiro atoms. The second-order valence-electron chi connectivity index (χ2n) is 10.3. The Morgan fingerprint density at radius 3 is 2.57 bits per heavy atom. The number of ether oxygens (including phenoxy) is 3. The summed E-state index contributed by atoms with van der Waals surface area (Å²) in [6.07, 6.45) is 13.7. The van der Waals surface area contributed by atoms with Crippen LogP contribution >= 0.6 is 0 Å². The van der Waals surface area contributed by atoms with E-state index >= 15 is 0 Å². The number of hydrogen-bond donors (Lipinski definition) is 0. The average Bonchev–Trinajstić information content (AvgIpc) is 3.06. The Kier molecular flexibility index (Phi) is 12.1. The fraction of sp³-hybridized carbons (Fsp3) is 0.778. The minimum absolute atomic E-state index is 0.0139. The van der Waals surface area contributed by atoms with Crippen molar-refractivity contribution in [1.82, 2.24) is 0 Å². The summed E-state index contributed by atoms with van der Waals surface area (Å²) in [6, 6.07) is 0. The van der Waals surface area contributed by atoms with Gasteiger partial charge in [0.2, 0.25) is 0 Å². The minimum Gasteiger partial charge on any atom is -0.469 e. The lowest BCUT2D eigenvalue weighted by Gasteiger charge is -2.28. The normalized spacial score (nSPS) is 27.0. The quantitative estimate of drug-likeness (QED) is 0.141. The molecule has 0 saturated carbocycles. The lowest BCUT2D eigenvalue weighted by atomic mass is 9.82. The summed E-state index contributed by atoms with van der Waals surface area (Å²) in [4.78, 5) is 24.2. The molecule has 0 N–H and O–H groups in total. The van der Waals surface area contributed by atoms with Crippen molar-refractivity contribution in [3.8, 4) is 0 Å². The number of rotatable bonds is 14. The smallest absolute Gasteiger partial charge is 0.305 e. The topological polar surface area (TPSA) is 96.0 Å². The van der Waals surface area contributed by atoms with Crippen molar-refractivity contribution in [2.24, 2.45) is 11.3 Å². The molecule has 2 saturated heterocycles. The lowest BCUT2D eigenvalue weighted by molar-refractivity contribution is -0.188. The number of ketones is 1. The van der Waals surface area contributed by atoms with E-state index in [1.807, 2.05) is 26.0 Å². The van der Waals surface area contributed by atoms with Crippen molar-refractivity contribution in [1.29, 1.82) is 0 Å². The first-order valence-electron chi connectivity index (χ1n) is 13.0. The van der Waals surface area contributed by atoms with E-state index in [1.54, 1.807) is 12.2 Å². The maximum absolute atomic E-state index is 13.1. The first-order valence-corrected chi connectivity index (χ1v) is 14.8. The van der Waals surface area contributed by atoms with Crippen molar-refractivity contribution in [2.75, 3.05) is 19.5 Å². The molecule has 1 unspecified atom stereocenters. The Labute approximate surface area is 211 Å². The van der Waals surface area contributed by atoms with Gasteiger partial charge < -0.3 is 14.2 Å². The second-order valence-corrected chi connectivity index (χ2v) is 12.6. The van der Waals surface area contributed by atoms with Crippen LogP contribution in [0.4, 0.5) is 0 Å². The number of sulfone groups is 1. The van der Waals surface area contributed by atoms with E-state index in [0.717, 1.165) is 38.5 Å². The largest absolute Gasteiger partial charge is 0.469 e. The Hall–Kier alpha value is -1.51. The monoisotopic (exact) mass is 512 g/mol. The van der Waals surface area contributed by atoms with Crippen molar-refractivity contribution in [2.45, 2.75) is 103 Å². The summed E-state index contributed by atoms with van der Waals surface area (Å²) in [6.45, 7) is 6.60. The zero-order valence-electron chi connectivity index (χ0n) is 21.9. The van der Waals surface area contributed by atoms with Crippen molar-refractivity contribution in [3.05, 3.63) is 24.3 Å². The van der Waals surface area contributed by atoms with Gasteiger partial charge in [-0.25, -0.2) is 8.42 Å². The molecule has 200 valence electrons. The highest BCUT2D eigenvalue weighted by Gasteiger charge is 2.47. The van der Waals surface area contributed by atoms with E-state index in [1.165, 1.54) is 7.11 Å². The number of methoxy groups -OCH3 is 1. The molecule has 2 aliphatic rings. The zero-order chi connectivity index (χ0) is 25.9. The maximum atomic E-state index is 13.1. The van der Waals surface area contributed by atoms with E-state index in [2.05, 4.69) is 11.7 Å². The molecule has 0 aromatic rings. The molecule has 0 aromatic heterocycles. The molecule has 4 atom stereocenters. The number of esters is 1. The summed E-state index contributed by atoms with van der Waals surface area (Å²) in [5.74, 6) is -0.731. The molecule has 2 fully saturated rings. The molecule has 0 amide bonds. The minimum atomic E-state index is -3.41. The molecular formula is C27H44O7S. The molecule has 2 aliphatic heterocycles. The summed E-state index contributed by atoms with van der Waals surface area (Å²) < 4.78 is 42.8. The van der Waals surface area contributed by atoms with E-state index in [0.29, 0.717) is 32.3 Å². The van der Waals surface area contributed by atoms with Crippen LogP contribution in [0.1, 0.15) is 85.0 Å². The van der Waals surface area contributed by atoms with Gasteiger partial charge in [0.25, 0.3) is 0 Å². The Bertz CT molecular complexity index is 838. The molecule has 2 heterocycles. The summed E-state index contributed by atoms with van der Waals surface area (Å²) in [7, 11) is -2.05. The van der Waals surface area contributed by atoms with Crippen molar-refractivity contribution >= 4 is 21.6 Å². The summed E-state index contributed by atoms with van der Waals surface area (Å²) >= 11 is 0. The second kappa shape index (κ2) is 14.3. The summed E-state index contributed by atoms with van der Waals surface area (Å²) in [5, 5.41) is -0.657. The van der Waals surface area contributed by atoms with Crippen LogP contribution in [0, 0.1) is 11.3 Å². The molecule has 7 nitrogen and oxygen atoms in total.